The molecule has 0 aromatic heterocycles. The molecule has 0 aliphatic heterocycles. The van der Waals surface area contributed by atoms with Crippen molar-refractivity contribution in [3.8, 4) is 5.75 Å². The average molecular weight is 156 g/mol. The van der Waals surface area contributed by atoms with Crippen molar-refractivity contribution in [1.29, 1.82) is 0 Å². The lowest BCUT2D eigenvalue weighted by Gasteiger charge is -1.89. The SMILES string of the molecule is O=[P+]([O-])c1ccc(O)cc1. The molecule has 1 rings (SSSR count). The molecular weight excluding hydrogens is 151 g/mol. The number of phenolic OH excluding ortho intramolecular Hbond substituents is 1. The van der Waals surface area contributed by atoms with Crippen LogP contribution in [-0.4, -0.2) is 5.11 Å². The minimum Gasteiger partial charge on any atom is -0.591 e. The van der Waals surface area contributed by atoms with Gasteiger partial charge in [-0.3, -0.25) is 0 Å². The monoisotopic (exact) mass is 156 g/mol. The Balaban J connectivity index is 3.00. The second-order valence-electron chi connectivity index (χ2n) is 1.77. The second kappa shape index (κ2) is 2.78. The van der Waals surface area contributed by atoms with Gasteiger partial charge in [-0.1, -0.05) is 4.57 Å². The van der Waals surface area contributed by atoms with Crippen molar-refractivity contribution >= 4 is 13.3 Å². The molecular formula is C6H5O3P. The maximum absolute atomic E-state index is 10.3. The summed E-state index contributed by atoms with van der Waals surface area (Å²) in [6.45, 7) is 0. The van der Waals surface area contributed by atoms with Crippen molar-refractivity contribution in [1.82, 2.24) is 0 Å². The first-order chi connectivity index (χ1) is 4.70. The molecule has 1 atom stereocenters. The number of aromatic hydroxyl groups is 1. The zero-order chi connectivity index (χ0) is 7.56. The number of benzene rings is 1. The van der Waals surface area contributed by atoms with Gasteiger partial charge in [0.15, 0.2) is 5.30 Å². The summed E-state index contributed by atoms with van der Waals surface area (Å²) < 4.78 is 10.3. The molecule has 1 N–H and O–H groups in total. The predicted octanol–water partition coefficient (Wildman–Crippen LogP) is 0.120. The molecule has 3 nitrogen and oxygen atoms in total. The quantitative estimate of drug-likeness (QED) is 0.587. The molecule has 0 fully saturated rings. The lowest BCUT2D eigenvalue weighted by Crippen LogP contribution is -2.02. The van der Waals surface area contributed by atoms with Crippen LogP contribution < -0.4 is 10.2 Å². The van der Waals surface area contributed by atoms with Crippen LogP contribution in [0.4, 0.5) is 0 Å². The summed E-state index contributed by atoms with van der Waals surface area (Å²) >= 11 is 0. The van der Waals surface area contributed by atoms with Gasteiger partial charge < -0.3 is 10.00 Å². The molecule has 0 amide bonds. The lowest BCUT2D eigenvalue weighted by molar-refractivity contribution is -0.160. The summed E-state index contributed by atoms with van der Waals surface area (Å²) in [5, 5.41) is 8.96. The predicted molar refractivity (Wildman–Crippen MR) is 35.3 cm³/mol. The maximum atomic E-state index is 10.3. The van der Waals surface area contributed by atoms with Crippen LogP contribution in [0, 0.1) is 0 Å². The van der Waals surface area contributed by atoms with Crippen LogP contribution in [0.15, 0.2) is 24.3 Å². The van der Waals surface area contributed by atoms with Crippen molar-refractivity contribution in [2.75, 3.05) is 0 Å². The molecule has 10 heavy (non-hydrogen) atoms. The van der Waals surface area contributed by atoms with Gasteiger partial charge in [-0.2, -0.15) is 0 Å². The van der Waals surface area contributed by atoms with Crippen LogP contribution >= 0.6 is 8.03 Å². The van der Waals surface area contributed by atoms with Gasteiger partial charge in [0.25, 0.3) is 0 Å². The van der Waals surface area contributed by atoms with Gasteiger partial charge in [0.2, 0.25) is 0 Å². The van der Waals surface area contributed by atoms with E-state index in [0.717, 1.165) is 0 Å². The Morgan fingerprint density at radius 3 is 2.20 bits per heavy atom. The van der Waals surface area contributed by atoms with E-state index in [1.165, 1.54) is 24.3 Å². The van der Waals surface area contributed by atoms with E-state index in [-0.39, 0.29) is 11.1 Å². The summed E-state index contributed by atoms with van der Waals surface area (Å²) in [7, 11) is -2.52. The fourth-order valence-electron chi connectivity index (χ4n) is 0.574. The summed E-state index contributed by atoms with van der Waals surface area (Å²) in [6.07, 6.45) is 0. The van der Waals surface area contributed by atoms with Gasteiger partial charge >= 0.3 is 8.03 Å². The third-order valence-electron chi connectivity index (χ3n) is 1.06. The highest BCUT2D eigenvalue weighted by molar-refractivity contribution is 7.45. The van der Waals surface area contributed by atoms with Crippen LogP contribution in [0.2, 0.25) is 0 Å². The van der Waals surface area contributed by atoms with E-state index in [0.29, 0.717) is 0 Å². The molecule has 0 saturated carbocycles. The second-order valence-corrected chi connectivity index (χ2v) is 2.80. The van der Waals surface area contributed by atoms with Crippen LogP contribution in [-0.2, 0) is 4.57 Å². The smallest absolute Gasteiger partial charge is 0.348 e. The molecule has 1 aromatic rings. The molecule has 0 aliphatic rings. The maximum Gasteiger partial charge on any atom is 0.348 e. The fourth-order valence-corrected chi connectivity index (χ4v) is 0.967. The first kappa shape index (κ1) is 7.19. The van der Waals surface area contributed by atoms with E-state index in [2.05, 4.69) is 0 Å². The number of phenols is 1. The van der Waals surface area contributed by atoms with Gasteiger partial charge in [0.1, 0.15) is 5.75 Å². The molecule has 0 saturated heterocycles. The molecule has 0 spiro atoms. The van der Waals surface area contributed by atoms with Gasteiger partial charge in [-0.25, -0.2) is 0 Å². The molecule has 0 aliphatic carbocycles. The van der Waals surface area contributed by atoms with E-state index in [1.807, 2.05) is 0 Å². The molecule has 0 heterocycles. The van der Waals surface area contributed by atoms with Crippen molar-refractivity contribution in [2.45, 2.75) is 0 Å². The highest BCUT2D eigenvalue weighted by atomic mass is 31.1. The summed E-state index contributed by atoms with van der Waals surface area (Å²) in [5.74, 6) is 0.0700. The normalized spacial score (nSPS) is 11.1. The summed E-state index contributed by atoms with van der Waals surface area (Å²) in [5.41, 5.74) is 0. The van der Waals surface area contributed by atoms with Gasteiger partial charge in [-0.15, -0.1) is 0 Å². The molecule has 52 valence electrons. The Kier molecular flexibility index (Phi) is 2.00. The van der Waals surface area contributed by atoms with Gasteiger partial charge in [0.05, 0.1) is 0 Å². The lowest BCUT2D eigenvalue weighted by atomic mass is 10.3. The van der Waals surface area contributed by atoms with Gasteiger partial charge in [0, 0.05) is 0 Å². The standard InChI is InChI=1S/C6H5O3P/c7-5-1-3-6(4-2-5)10(8)9/h1-4,7H. The topological polar surface area (TPSA) is 60.4 Å². The molecule has 1 unspecified atom stereocenters. The van der Waals surface area contributed by atoms with E-state index in [4.69, 9.17) is 5.11 Å². The summed E-state index contributed by atoms with van der Waals surface area (Å²) in [4.78, 5) is 10.3. The third-order valence-corrected chi connectivity index (χ3v) is 1.78. The molecule has 1 aromatic carbocycles. The Hall–Kier alpha value is -0.920. The Labute approximate surface area is 58.8 Å². The first-order valence-electron chi connectivity index (χ1n) is 2.63. The number of hydrogen-bond acceptors (Lipinski definition) is 3. The third kappa shape index (κ3) is 1.53. The van der Waals surface area contributed by atoms with Crippen molar-refractivity contribution in [3.63, 3.8) is 0 Å². The van der Waals surface area contributed by atoms with Crippen LogP contribution in [0.3, 0.4) is 0 Å². The molecule has 4 heteroatoms. The largest absolute Gasteiger partial charge is 0.591 e. The van der Waals surface area contributed by atoms with Crippen molar-refractivity contribution in [3.05, 3.63) is 24.3 Å². The van der Waals surface area contributed by atoms with Crippen LogP contribution in [0.25, 0.3) is 0 Å². The molecule has 0 bridgehead atoms. The van der Waals surface area contributed by atoms with E-state index in [1.54, 1.807) is 0 Å². The Bertz CT molecular complexity index is 242. The van der Waals surface area contributed by atoms with Crippen molar-refractivity contribution < 1.29 is 14.6 Å². The first-order valence-corrected chi connectivity index (χ1v) is 3.81. The number of rotatable bonds is 1. The highest BCUT2D eigenvalue weighted by Crippen LogP contribution is 2.11. The zero-order valence-electron chi connectivity index (χ0n) is 5.02. The Morgan fingerprint density at radius 1 is 1.30 bits per heavy atom. The minimum atomic E-state index is -2.52. The molecule has 0 radical (unpaired) electrons. The van der Waals surface area contributed by atoms with E-state index in [9.17, 15) is 9.46 Å². The zero-order valence-corrected chi connectivity index (χ0v) is 5.91. The fraction of sp³-hybridized carbons (Fsp3) is 0. The number of hydrogen-bond donors (Lipinski definition) is 1. The van der Waals surface area contributed by atoms with Gasteiger partial charge in [-0.05, 0) is 24.3 Å². The van der Waals surface area contributed by atoms with E-state index < -0.39 is 8.03 Å². The van der Waals surface area contributed by atoms with Crippen LogP contribution in [0.1, 0.15) is 0 Å². The summed E-state index contributed by atoms with van der Waals surface area (Å²) in [6, 6.07) is 5.36. The van der Waals surface area contributed by atoms with E-state index >= 15 is 0 Å². The highest BCUT2D eigenvalue weighted by Gasteiger charge is 2.04. The minimum absolute atomic E-state index is 0.0700. The Morgan fingerprint density at radius 2 is 1.80 bits per heavy atom. The van der Waals surface area contributed by atoms with Crippen molar-refractivity contribution in [2.24, 2.45) is 0 Å². The van der Waals surface area contributed by atoms with Crippen LogP contribution in [0.5, 0.6) is 5.75 Å². The average Bonchev–Trinajstić information content (AvgIpc) is 1.88.